The summed E-state index contributed by atoms with van der Waals surface area (Å²) in [7, 11) is 0. The third-order valence-corrected chi connectivity index (χ3v) is 3.77. The van der Waals surface area contributed by atoms with E-state index in [-0.39, 0.29) is 5.56 Å². The molecule has 0 amide bonds. The molecular formula is C17H16ClN3O. The first-order valence-electron chi connectivity index (χ1n) is 7.16. The van der Waals surface area contributed by atoms with Gasteiger partial charge in [0.1, 0.15) is 5.82 Å². The van der Waals surface area contributed by atoms with Crippen LogP contribution in [0.3, 0.4) is 0 Å². The van der Waals surface area contributed by atoms with E-state index in [1.54, 1.807) is 16.7 Å². The number of nitrogens with zero attached hydrogens (tertiary/aromatic N) is 2. The normalized spacial score (nSPS) is 11.0. The van der Waals surface area contributed by atoms with Crippen LogP contribution in [0.1, 0.15) is 6.42 Å². The maximum atomic E-state index is 12.8. The van der Waals surface area contributed by atoms with Crippen LogP contribution in [0.4, 0.5) is 0 Å². The quantitative estimate of drug-likeness (QED) is 0.805. The van der Waals surface area contributed by atoms with Gasteiger partial charge < -0.3 is 5.73 Å². The van der Waals surface area contributed by atoms with E-state index in [4.69, 9.17) is 17.3 Å². The predicted octanol–water partition coefficient (Wildman–Crippen LogP) is 3.07. The fraction of sp³-hybridized carbons (Fsp3) is 0.176. The summed E-state index contributed by atoms with van der Waals surface area (Å²) in [6, 6.07) is 14.7. The van der Waals surface area contributed by atoms with Crippen molar-refractivity contribution >= 4 is 22.5 Å². The van der Waals surface area contributed by atoms with Gasteiger partial charge in [-0.3, -0.25) is 9.36 Å². The molecule has 112 valence electrons. The van der Waals surface area contributed by atoms with E-state index in [9.17, 15) is 4.79 Å². The lowest BCUT2D eigenvalue weighted by Gasteiger charge is -2.13. The SMILES string of the molecule is NCCCn1c(-c2cccc(Cl)c2)nc2ccccc2c1=O. The van der Waals surface area contributed by atoms with E-state index in [0.717, 1.165) is 5.56 Å². The van der Waals surface area contributed by atoms with Gasteiger partial charge in [0.05, 0.1) is 10.9 Å². The fourth-order valence-corrected chi connectivity index (χ4v) is 2.66. The molecule has 3 rings (SSSR count). The van der Waals surface area contributed by atoms with Crippen molar-refractivity contribution in [1.82, 2.24) is 9.55 Å². The molecule has 0 bridgehead atoms. The lowest BCUT2D eigenvalue weighted by atomic mass is 10.1. The lowest BCUT2D eigenvalue weighted by Crippen LogP contribution is -2.24. The van der Waals surface area contributed by atoms with Gasteiger partial charge >= 0.3 is 0 Å². The Morgan fingerprint density at radius 2 is 1.95 bits per heavy atom. The number of hydrogen-bond acceptors (Lipinski definition) is 3. The van der Waals surface area contributed by atoms with E-state index in [1.807, 2.05) is 36.4 Å². The third-order valence-electron chi connectivity index (χ3n) is 3.53. The fourth-order valence-electron chi connectivity index (χ4n) is 2.47. The molecule has 0 aliphatic rings. The van der Waals surface area contributed by atoms with Crippen molar-refractivity contribution in [2.45, 2.75) is 13.0 Å². The number of fused-ring (bicyclic) bond motifs is 1. The van der Waals surface area contributed by atoms with Gasteiger partial charge in [0.2, 0.25) is 0 Å². The van der Waals surface area contributed by atoms with Gasteiger partial charge in [0.25, 0.3) is 5.56 Å². The minimum absolute atomic E-state index is 0.0472. The average Bonchev–Trinajstić information content (AvgIpc) is 2.54. The van der Waals surface area contributed by atoms with Crippen molar-refractivity contribution in [2.75, 3.05) is 6.54 Å². The molecule has 0 saturated carbocycles. The Bertz CT molecular complexity index is 873. The summed E-state index contributed by atoms with van der Waals surface area (Å²) in [5.74, 6) is 0.625. The summed E-state index contributed by atoms with van der Waals surface area (Å²) >= 11 is 6.07. The van der Waals surface area contributed by atoms with Crippen molar-refractivity contribution < 1.29 is 0 Å². The molecule has 3 aromatic rings. The number of nitrogens with two attached hydrogens (primary N) is 1. The molecule has 22 heavy (non-hydrogen) atoms. The van der Waals surface area contributed by atoms with E-state index in [0.29, 0.717) is 41.3 Å². The number of halogens is 1. The summed E-state index contributed by atoms with van der Waals surface area (Å²) < 4.78 is 1.68. The van der Waals surface area contributed by atoms with Crippen LogP contribution in [-0.2, 0) is 6.54 Å². The van der Waals surface area contributed by atoms with E-state index >= 15 is 0 Å². The maximum absolute atomic E-state index is 12.8. The second kappa shape index (κ2) is 6.30. The summed E-state index contributed by atoms with van der Waals surface area (Å²) in [6.45, 7) is 1.06. The first-order chi connectivity index (χ1) is 10.7. The number of benzene rings is 2. The van der Waals surface area contributed by atoms with Gasteiger partial charge in [-0.25, -0.2) is 4.98 Å². The van der Waals surface area contributed by atoms with Gasteiger partial charge in [0.15, 0.2) is 0 Å². The molecule has 2 N–H and O–H groups in total. The summed E-state index contributed by atoms with van der Waals surface area (Å²) in [5.41, 5.74) is 7.06. The first kappa shape index (κ1) is 14.8. The van der Waals surface area contributed by atoms with Crippen LogP contribution in [-0.4, -0.2) is 16.1 Å². The predicted molar refractivity (Wildman–Crippen MR) is 90.1 cm³/mol. The third kappa shape index (κ3) is 2.75. The van der Waals surface area contributed by atoms with E-state index in [1.165, 1.54) is 0 Å². The van der Waals surface area contributed by atoms with Gasteiger partial charge in [-0.15, -0.1) is 0 Å². The Labute approximate surface area is 133 Å². The molecule has 1 aromatic heterocycles. The zero-order chi connectivity index (χ0) is 15.5. The average molecular weight is 314 g/mol. The molecule has 0 atom stereocenters. The van der Waals surface area contributed by atoms with Crippen LogP contribution in [0.25, 0.3) is 22.3 Å². The molecule has 0 aliphatic heterocycles. The highest BCUT2D eigenvalue weighted by Gasteiger charge is 2.12. The van der Waals surface area contributed by atoms with Crippen LogP contribution in [0, 0.1) is 0 Å². The molecule has 0 fully saturated rings. The van der Waals surface area contributed by atoms with Crippen LogP contribution < -0.4 is 11.3 Å². The molecule has 2 aromatic carbocycles. The number of aromatic nitrogens is 2. The molecule has 5 heteroatoms. The minimum atomic E-state index is -0.0472. The van der Waals surface area contributed by atoms with Crippen molar-refractivity contribution in [2.24, 2.45) is 5.73 Å². The number of para-hydroxylation sites is 1. The van der Waals surface area contributed by atoms with Crippen LogP contribution in [0.5, 0.6) is 0 Å². The van der Waals surface area contributed by atoms with Crippen LogP contribution in [0.15, 0.2) is 53.3 Å². The highest BCUT2D eigenvalue weighted by molar-refractivity contribution is 6.30. The summed E-state index contributed by atoms with van der Waals surface area (Å²) in [6.07, 6.45) is 0.716. The summed E-state index contributed by atoms with van der Waals surface area (Å²) in [4.78, 5) is 17.4. The van der Waals surface area contributed by atoms with Crippen LogP contribution >= 0.6 is 11.6 Å². The Hall–Kier alpha value is -2.17. The second-order valence-corrected chi connectivity index (χ2v) is 5.50. The molecule has 0 unspecified atom stereocenters. The molecule has 1 heterocycles. The molecule has 0 radical (unpaired) electrons. The maximum Gasteiger partial charge on any atom is 0.261 e. The van der Waals surface area contributed by atoms with Gasteiger partial charge in [-0.1, -0.05) is 35.9 Å². The van der Waals surface area contributed by atoms with E-state index < -0.39 is 0 Å². The van der Waals surface area contributed by atoms with Crippen LogP contribution in [0.2, 0.25) is 5.02 Å². The standard InChI is InChI=1S/C17H16ClN3O/c18-13-6-3-5-12(11-13)16-20-15-8-2-1-7-14(15)17(22)21(16)10-4-9-19/h1-3,5-8,11H,4,9-10,19H2. The molecular weight excluding hydrogens is 298 g/mol. The monoisotopic (exact) mass is 313 g/mol. The largest absolute Gasteiger partial charge is 0.330 e. The Morgan fingerprint density at radius 3 is 2.73 bits per heavy atom. The van der Waals surface area contributed by atoms with Crippen molar-refractivity contribution in [3.8, 4) is 11.4 Å². The molecule has 4 nitrogen and oxygen atoms in total. The Balaban J connectivity index is 2.29. The van der Waals surface area contributed by atoms with Gasteiger partial charge in [-0.05, 0) is 37.2 Å². The second-order valence-electron chi connectivity index (χ2n) is 5.06. The number of hydrogen-bond donors (Lipinski definition) is 1. The van der Waals surface area contributed by atoms with Crippen molar-refractivity contribution in [3.63, 3.8) is 0 Å². The zero-order valence-electron chi connectivity index (χ0n) is 12.0. The lowest BCUT2D eigenvalue weighted by molar-refractivity contribution is 0.632. The summed E-state index contributed by atoms with van der Waals surface area (Å²) in [5, 5.41) is 1.23. The molecule has 0 saturated heterocycles. The molecule has 0 aliphatic carbocycles. The van der Waals surface area contributed by atoms with Gasteiger partial charge in [0, 0.05) is 17.1 Å². The smallest absolute Gasteiger partial charge is 0.261 e. The zero-order valence-corrected chi connectivity index (χ0v) is 12.8. The van der Waals surface area contributed by atoms with Gasteiger partial charge in [-0.2, -0.15) is 0 Å². The Morgan fingerprint density at radius 1 is 1.14 bits per heavy atom. The first-order valence-corrected chi connectivity index (χ1v) is 7.54. The molecule has 0 spiro atoms. The highest BCUT2D eigenvalue weighted by Crippen LogP contribution is 2.22. The van der Waals surface area contributed by atoms with Crippen molar-refractivity contribution in [1.29, 1.82) is 0 Å². The topological polar surface area (TPSA) is 60.9 Å². The number of rotatable bonds is 4. The Kier molecular flexibility index (Phi) is 4.22. The highest BCUT2D eigenvalue weighted by atomic mass is 35.5. The van der Waals surface area contributed by atoms with E-state index in [2.05, 4.69) is 4.98 Å². The van der Waals surface area contributed by atoms with Crippen molar-refractivity contribution in [3.05, 3.63) is 63.9 Å². The minimum Gasteiger partial charge on any atom is -0.330 e.